The summed E-state index contributed by atoms with van der Waals surface area (Å²) in [7, 11) is 0. The van der Waals surface area contributed by atoms with Crippen molar-refractivity contribution in [3.05, 3.63) is 11.4 Å². The van der Waals surface area contributed by atoms with Gasteiger partial charge in [0.05, 0.1) is 25.5 Å². The van der Waals surface area contributed by atoms with E-state index in [4.69, 9.17) is 15.2 Å². The standard InChI is InChI=1S/C11H20N4O3/c1-3-6-17-7-5-15-9(8-12)10(13-14-15)11(16)18-4-2/h3-8,12H2,1-2H3. The van der Waals surface area contributed by atoms with Crippen LogP contribution in [0.25, 0.3) is 0 Å². The molecule has 0 bridgehead atoms. The van der Waals surface area contributed by atoms with E-state index in [2.05, 4.69) is 10.3 Å². The monoisotopic (exact) mass is 256 g/mol. The number of carbonyl (C=O) groups excluding carboxylic acids is 1. The van der Waals surface area contributed by atoms with E-state index >= 15 is 0 Å². The zero-order valence-corrected chi connectivity index (χ0v) is 10.9. The molecule has 0 spiro atoms. The smallest absolute Gasteiger partial charge is 0.360 e. The second kappa shape index (κ2) is 7.78. The Morgan fingerprint density at radius 3 is 2.78 bits per heavy atom. The molecule has 0 aliphatic carbocycles. The Morgan fingerprint density at radius 2 is 2.17 bits per heavy atom. The third-order valence-electron chi connectivity index (χ3n) is 2.30. The summed E-state index contributed by atoms with van der Waals surface area (Å²) in [6.45, 7) is 6.02. The fourth-order valence-corrected chi connectivity index (χ4v) is 1.47. The molecule has 1 heterocycles. The highest BCUT2D eigenvalue weighted by molar-refractivity contribution is 5.88. The molecule has 0 unspecified atom stereocenters. The fourth-order valence-electron chi connectivity index (χ4n) is 1.47. The Hall–Kier alpha value is -1.47. The predicted molar refractivity (Wildman–Crippen MR) is 65.0 cm³/mol. The summed E-state index contributed by atoms with van der Waals surface area (Å²) in [6.07, 6.45) is 0.967. The van der Waals surface area contributed by atoms with Gasteiger partial charge in [-0.2, -0.15) is 0 Å². The SMILES string of the molecule is CCCOCCn1nnc(C(=O)OCC)c1CN. The van der Waals surface area contributed by atoms with Crippen molar-refractivity contribution >= 4 is 5.97 Å². The van der Waals surface area contributed by atoms with Gasteiger partial charge in [0.15, 0.2) is 5.69 Å². The fraction of sp³-hybridized carbons (Fsp3) is 0.727. The minimum atomic E-state index is -0.487. The van der Waals surface area contributed by atoms with Crippen LogP contribution in [0.1, 0.15) is 36.5 Å². The van der Waals surface area contributed by atoms with E-state index in [9.17, 15) is 4.79 Å². The van der Waals surface area contributed by atoms with Crippen LogP contribution < -0.4 is 5.73 Å². The first-order valence-corrected chi connectivity index (χ1v) is 6.11. The highest BCUT2D eigenvalue weighted by atomic mass is 16.5. The van der Waals surface area contributed by atoms with E-state index in [-0.39, 0.29) is 12.2 Å². The first-order chi connectivity index (χ1) is 8.74. The van der Waals surface area contributed by atoms with Crippen LogP contribution in [0.3, 0.4) is 0 Å². The van der Waals surface area contributed by atoms with Crippen LogP contribution in [0.2, 0.25) is 0 Å². The van der Waals surface area contributed by atoms with E-state index < -0.39 is 5.97 Å². The van der Waals surface area contributed by atoms with E-state index in [0.717, 1.165) is 6.42 Å². The third-order valence-corrected chi connectivity index (χ3v) is 2.30. The number of nitrogens with two attached hydrogens (primary N) is 1. The van der Waals surface area contributed by atoms with Crippen molar-refractivity contribution < 1.29 is 14.3 Å². The molecule has 1 aromatic heterocycles. The number of ether oxygens (including phenoxy) is 2. The maximum atomic E-state index is 11.6. The molecule has 0 atom stereocenters. The summed E-state index contributed by atoms with van der Waals surface area (Å²) >= 11 is 0. The van der Waals surface area contributed by atoms with Crippen molar-refractivity contribution in [2.45, 2.75) is 33.4 Å². The number of carbonyl (C=O) groups is 1. The molecule has 0 saturated carbocycles. The zero-order chi connectivity index (χ0) is 13.4. The van der Waals surface area contributed by atoms with E-state index in [1.54, 1.807) is 11.6 Å². The topological polar surface area (TPSA) is 92.3 Å². The van der Waals surface area contributed by atoms with Gasteiger partial charge in [-0.15, -0.1) is 5.10 Å². The van der Waals surface area contributed by atoms with Crippen LogP contribution >= 0.6 is 0 Å². The second-order valence-corrected chi connectivity index (χ2v) is 3.64. The van der Waals surface area contributed by atoms with Gasteiger partial charge in [0.1, 0.15) is 0 Å². The lowest BCUT2D eigenvalue weighted by Crippen LogP contribution is -2.16. The van der Waals surface area contributed by atoms with Crippen molar-refractivity contribution in [3.63, 3.8) is 0 Å². The summed E-state index contributed by atoms with van der Waals surface area (Å²) in [6, 6.07) is 0. The Morgan fingerprint density at radius 1 is 1.39 bits per heavy atom. The minimum absolute atomic E-state index is 0.189. The molecule has 0 aliphatic heterocycles. The van der Waals surface area contributed by atoms with Crippen LogP contribution in [-0.2, 0) is 22.6 Å². The Kier molecular flexibility index (Phi) is 6.31. The first kappa shape index (κ1) is 14.6. The largest absolute Gasteiger partial charge is 0.461 e. The molecular weight excluding hydrogens is 236 g/mol. The van der Waals surface area contributed by atoms with Crippen molar-refractivity contribution in [1.82, 2.24) is 15.0 Å². The van der Waals surface area contributed by atoms with Crippen molar-refractivity contribution in [3.8, 4) is 0 Å². The van der Waals surface area contributed by atoms with E-state index in [1.165, 1.54) is 0 Å². The van der Waals surface area contributed by atoms with Gasteiger partial charge < -0.3 is 15.2 Å². The molecule has 102 valence electrons. The normalized spacial score (nSPS) is 10.6. The van der Waals surface area contributed by atoms with E-state index in [0.29, 0.717) is 32.1 Å². The number of esters is 1. The van der Waals surface area contributed by atoms with Gasteiger partial charge >= 0.3 is 5.97 Å². The van der Waals surface area contributed by atoms with Gasteiger partial charge in [-0.1, -0.05) is 12.1 Å². The molecule has 2 N–H and O–H groups in total. The second-order valence-electron chi connectivity index (χ2n) is 3.64. The Bertz CT molecular complexity index is 378. The van der Waals surface area contributed by atoms with Crippen molar-refractivity contribution in [2.24, 2.45) is 5.73 Å². The molecule has 0 fully saturated rings. The minimum Gasteiger partial charge on any atom is -0.461 e. The van der Waals surface area contributed by atoms with Gasteiger partial charge in [-0.25, -0.2) is 9.48 Å². The van der Waals surface area contributed by atoms with Crippen LogP contribution in [0.4, 0.5) is 0 Å². The lowest BCUT2D eigenvalue weighted by molar-refractivity contribution is 0.0517. The molecule has 18 heavy (non-hydrogen) atoms. The van der Waals surface area contributed by atoms with Crippen LogP contribution in [0.5, 0.6) is 0 Å². The molecule has 7 nitrogen and oxygen atoms in total. The first-order valence-electron chi connectivity index (χ1n) is 6.11. The number of hydrogen-bond acceptors (Lipinski definition) is 6. The summed E-state index contributed by atoms with van der Waals surface area (Å²) in [5.41, 5.74) is 6.38. The molecule has 1 rings (SSSR count). The molecule has 0 radical (unpaired) electrons. The maximum Gasteiger partial charge on any atom is 0.360 e. The van der Waals surface area contributed by atoms with E-state index in [1.807, 2.05) is 6.92 Å². The lowest BCUT2D eigenvalue weighted by Gasteiger charge is -2.06. The zero-order valence-electron chi connectivity index (χ0n) is 10.9. The van der Waals surface area contributed by atoms with Crippen molar-refractivity contribution in [1.29, 1.82) is 0 Å². The number of hydrogen-bond donors (Lipinski definition) is 1. The van der Waals surface area contributed by atoms with Crippen LogP contribution in [-0.4, -0.2) is 40.8 Å². The molecular formula is C11H20N4O3. The summed E-state index contributed by atoms with van der Waals surface area (Å²) < 4.78 is 11.8. The maximum absolute atomic E-state index is 11.6. The number of nitrogens with zero attached hydrogens (tertiary/aromatic N) is 3. The molecule has 0 amide bonds. The van der Waals surface area contributed by atoms with Gasteiger partial charge in [-0.05, 0) is 13.3 Å². The molecule has 1 aromatic rings. The third kappa shape index (κ3) is 3.78. The lowest BCUT2D eigenvalue weighted by atomic mass is 10.3. The number of rotatable bonds is 8. The van der Waals surface area contributed by atoms with Gasteiger partial charge in [0.25, 0.3) is 0 Å². The average Bonchev–Trinajstić information content (AvgIpc) is 2.78. The quantitative estimate of drug-likeness (QED) is 0.532. The molecule has 7 heteroatoms. The van der Waals surface area contributed by atoms with Gasteiger partial charge in [-0.3, -0.25) is 0 Å². The van der Waals surface area contributed by atoms with Crippen LogP contribution in [0, 0.1) is 0 Å². The Balaban J connectivity index is 2.66. The predicted octanol–water partition coefficient (Wildman–Crippen LogP) is 0.340. The highest BCUT2D eigenvalue weighted by Gasteiger charge is 2.19. The molecule has 0 saturated heterocycles. The van der Waals surface area contributed by atoms with Crippen molar-refractivity contribution in [2.75, 3.05) is 19.8 Å². The highest BCUT2D eigenvalue weighted by Crippen LogP contribution is 2.06. The molecule has 0 aromatic carbocycles. The van der Waals surface area contributed by atoms with Gasteiger partial charge in [0.2, 0.25) is 0 Å². The van der Waals surface area contributed by atoms with Gasteiger partial charge in [0, 0.05) is 13.2 Å². The summed E-state index contributed by atoms with van der Waals surface area (Å²) in [5, 5.41) is 7.70. The average molecular weight is 256 g/mol. The summed E-state index contributed by atoms with van der Waals surface area (Å²) in [4.78, 5) is 11.6. The van der Waals surface area contributed by atoms with Crippen LogP contribution in [0.15, 0.2) is 0 Å². The number of aromatic nitrogens is 3. The Labute approximate surface area is 106 Å². The molecule has 0 aliphatic rings. The summed E-state index contributed by atoms with van der Waals surface area (Å²) in [5.74, 6) is -0.487.